The van der Waals surface area contributed by atoms with Crippen molar-refractivity contribution < 1.29 is 13.6 Å². The van der Waals surface area contributed by atoms with E-state index in [0.29, 0.717) is 23.6 Å². The number of halogens is 1. The van der Waals surface area contributed by atoms with Crippen LogP contribution in [0, 0.1) is 24.1 Å². The summed E-state index contributed by atoms with van der Waals surface area (Å²) in [5, 5.41) is 11.4. The molecule has 2 aromatic heterocycles. The molecule has 4 aromatic rings. The van der Waals surface area contributed by atoms with Crippen LogP contribution in [0.3, 0.4) is 0 Å². The summed E-state index contributed by atoms with van der Waals surface area (Å²) in [5.41, 5.74) is 6.86. The smallest absolute Gasteiger partial charge is 0.293 e. The highest BCUT2D eigenvalue weighted by atomic mass is 19.1. The van der Waals surface area contributed by atoms with Crippen molar-refractivity contribution in [1.29, 1.82) is 5.41 Å². The number of oxazole rings is 1. The van der Waals surface area contributed by atoms with E-state index >= 15 is 0 Å². The van der Waals surface area contributed by atoms with Crippen LogP contribution in [0.4, 0.5) is 4.39 Å². The van der Waals surface area contributed by atoms with Crippen molar-refractivity contribution in [3.05, 3.63) is 106 Å². The molecular weight excluding hydrogens is 479 g/mol. The van der Waals surface area contributed by atoms with Crippen molar-refractivity contribution in [3.63, 3.8) is 0 Å². The van der Waals surface area contributed by atoms with E-state index in [-0.39, 0.29) is 17.4 Å². The fraction of sp³-hybridized carbons (Fsp3) is 0.323. The first-order valence-corrected chi connectivity index (χ1v) is 13.2. The van der Waals surface area contributed by atoms with Gasteiger partial charge < -0.3 is 9.73 Å². The number of carbonyl (C=O) groups excluding carboxylic acids is 1. The topological polar surface area (TPSA) is 83.9 Å². The third kappa shape index (κ3) is 4.46. The number of hydrogen-bond donors (Lipinski definition) is 2. The van der Waals surface area contributed by atoms with Crippen LogP contribution in [0.5, 0.6) is 0 Å². The van der Waals surface area contributed by atoms with E-state index in [0.717, 1.165) is 60.1 Å². The molecule has 1 amide bonds. The minimum Gasteiger partial charge on any atom is -0.432 e. The first-order chi connectivity index (χ1) is 18.3. The second kappa shape index (κ2) is 9.39. The molecule has 2 heterocycles. The predicted octanol–water partition coefficient (Wildman–Crippen LogP) is 5.66. The number of aromatic nitrogens is 2. The lowest BCUT2D eigenvalue weighted by atomic mass is 9.85. The van der Waals surface area contributed by atoms with E-state index in [2.05, 4.69) is 16.4 Å². The SMILES string of the molecule is Cc1cc(C(C)(NC(=O)c2cc(Cn3ccoc3=N)cc(-c3ccnc4c3CCC4)c2)C2CC2)ccc1F. The zero-order valence-corrected chi connectivity index (χ0v) is 21.7. The maximum absolute atomic E-state index is 14.0. The number of fused-ring (bicyclic) bond motifs is 1. The molecule has 2 N–H and O–H groups in total. The van der Waals surface area contributed by atoms with Crippen LogP contribution in [-0.4, -0.2) is 15.5 Å². The molecule has 0 bridgehead atoms. The van der Waals surface area contributed by atoms with Crippen LogP contribution in [0.1, 0.15) is 64.5 Å². The van der Waals surface area contributed by atoms with Gasteiger partial charge in [0.05, 0.1) is 12.1 Å². The monoisotopic (exact) mass is 510 g/mol. The predicted molar refractivity (Wildman–Crippen MR) is 142 cm³/mol. The number of benzene rings is 2. The van der Waals surface area contributed by atoms with Gasteiger partial charge in [-0.05, 0) is 116 Å². The van der Waals surface area contributed by atoms with Crippen molar-refractivity contribution in [2.75, 3.05) is 0 Å². The molecule has 0 saturated heterocycles. The van der Waals surface area contributed by atoms with Gasteiger partial charge in [-0.3, -0.25) is 19.8 Å². The number of pyridine rings is 1. The molecule has 0 spiro atoms. The van der Waals surface area contributed by atoms with Gasteiger partial charge in [0.25, 0.3) is 11.6 Å². The number of nitrogens with one attached hydrogen (secondary N) is 2. The lowest BCUT2D eigenvalue weighted by Crippen LogP contribution is -2.45. The normalized spacial score (nSPS) is 16.2. The zero-order chi connectivity index (χ0) is 26.4. The third-order valence-electron chi connectivity index (χ3n) is 8.11. The second-order valence-corrected chi connectivity index (χ2v) is 10.8. The molecular formula is C31H31FN4O2. The molecule has 2 aromatic carbocycles. The Morgan fingerprint density at radius 2 is 2.05 bits per heavy atom. The van der Waals surface area contributed by atoms with Gasteiger partial charge in [-0.1, -0.05) is 12.1 Å². The summed E-state index contributed by atoms with van der Waals surface area (Å²) < 4.78 is 20.9. The van der Waals surface area contributed by atoms with Crippen molar-refractivity contribution in [1.82, 2.24) is 14.9 Å². The summed E-state index contributed by atoms with van der Waals surface area (Å²) in [5.74, 6) is -0.112. The Kier molecular flexibility index (Phi) is 6.01. The van der Waals surface area contributed by atoms with E-state index < -0.39 is 5.54 Å². The Balaban J connectivity index is 1.41. The number of amides is 1. The van der Waals surface area contributed by atoms with Crippen LogP contribution in [0.25, 0.3) is 11.1 Å². The van der Waals surface area contributed by atoms with Crippen LogP contribution in [0.15, 0.2) is 65.5 Å². The maximum atomic E-state index is 14.0. The molecule has 7 heteroatoms. The fourth-order valence-electron chi connectivity index (χ4n) is 5.77. The lowest BCUT2D eigenvalue weighted by molar-refractivity contribution is 0.0892. The Labute approximate surface area is 221 Å². The fourth-order valence-corrected chi connectivity index (χ4v) is 5.77. The van der Waals surface area contributed by atoms with Gasteiger partial charge in [-0.15, -0.1) is 0 Å². The molecule has 38 heavy (non-hydrogen) atoms. The maximum Gasteiger partial charge on any atom is 0.293 e. The van der Waals surface area contributed by atoms with Gasteiger partial charge >= 0.3 is 0 Å². The summed E-state index contributed by atoms with van der Waals surface area (Å²) in [4.78, 5) is 18.5. The summed E-state index contributed by atoms with van der Waals surface area (Å²) in [6.07, 6.45) is 10.1. The molecule has 2 aliphatic carbocycles. The largest absolute Gasteiger partial charge is 0.432 e. The summed E-state index contributed by atoms with van der Waals surface area (Å²) in [6, 6.07) is 13.1. The highest BCUT2D eigenvalue weighted by molar-refractivity contribution is 5.96. The standard InChI is InChI=1S/C31H31FN4O2/c1-19-14-24(8-9-27(19)32)31(2,23-6-7-23)35-29(37)22-16-20(18-36-12-13-38-30(36)33)15-21(17-22)25-10-11-34-28-5-3-4-26(25)28/h8-17,23,33H,3-7,18H2,1-2H3,(H,35,37). The minimum atomic E-state index is -0.600. The molecule has 2 aliphatic rings. The summed E-state index contributed by atoms with van der Waals surface area (Å²) in [7, 11) is 0. The molecule has 1 unspecified atom stereocenters. The highest BCUT2D eigenvalue weighted by Crippen LogP contribution is 2.46. The molecule has 1 fully saturated rings. The summed E-state index contributed by atoms with van der Waals surface area (Å²) >= 11 is 0. The van der Waals surface area contributed by atoms with Gasteiger partial charge in [-0.25, -0.2) is 4.39 Å². The molecule has 1 atom stereocenters. The van der Waals surface area contributed by atoms with Crippen molar-refractivity contribution in [3.8, 4) is 11.1 Å². The van der Waals surface area contributed by atoms with Crippen LogP contribution in [-0.2, 0) is 24.9 Å². The van der Waals surface area contributed by atoms with Gasteiger partial charge in [-0.2, -0.15) is 0 Å². The van der Waals surface area contributed by atoms with Crippen molar-refractivity contribution in [2.45, 2.75) is 58.0 Å². The number of rotatable bonds is 7. The van der Waals surface area contributed by atoms with Gasteiger partial charge in [0.15, 0.2) is 0 Å². The third-order valence-corrected chi connectivity index (χ3v) is 8.11. The lowest BCUT2D eigenvalue weighted by Gasteiger charge is -2.32. The summed E-state index contributed by atoms with van der Waals surface area (Å²) in [6.45, 7) is 4.21. The first kappa shape index (κ1) is 24.3. The highest BCUT2D eigenvalue weighted by Gasteiger charge is 2.44. The second-order valence-electron chi connectivity index (χ2n) is 10.8. The molecule has 6 nitrogen and oxygen atoms in total. The number of hydrogen-bond acceptors (Lipinski definition) is 4. The first-order valence-electron chi connectivity index (χ1n) is 13.2. The Morgan fingerprint density at radius 3 is 2.79 bits per heavy atom. The average molecular weight is 511 g/mol. The van der Waals surface area contributed by atoms with Gasteiger partial charge in [0, 0.05) is 23.7 Å². The van der Waals surface area contributed by atoms with Crippen LogP contribution >= 0.6 is 0 Å². The molecule has 194 valence electrons. The van der Waals surface area contributed by atoms with E-state index in [4.69, 9.17) is 9.83 Å². The van der Waals surface area contributed by atoms with E-state index in [1.165, 1.54) is 17.9 Å². The zero-order valence-electron chi connectivity index (χ0n) is 21.7. The van der Waals surface area contributed by atoms with Gasteiger partial charge in [0.2, 0.25) is 0 Å². The van der Waals surface area contributed by atoms with Crippen LogP contribution in [0.2, 0.25) is 0 Å². The number of aryl methyl sites for hydroxylation is 2. The van der Waals surface area contributed by atoms with Crippen LogP contribution < -0.4 is 11.0 Å². The number of carbonyl (C=O) groups is 1. The Hall–Kier alpha value is -4.00. The van der Waals surface area contributed by atoms with E-state index in [1.807, 2.05) is 37.4 Å². The van der Waals surface area contributed by atoms with E-state index in [9.17, 15) is 9.18 Å². The number of nitrogens with zero attached hydrogens (tertiary/aromatic N) is 2. The van der Waals surface area contributed by atoms with Crippen molar-refractivity contribution >= 4 is 5.91 Å². The quantitative estimate of drug-likeness (QED) is 0.336. The molecule has 0 radical (unpaired) electrons. The minimum absolute atomic E-state index is 0.0548. The Bertz CT molecular complexity index is 1600. The van der Waals surface area contributed by atoms with Crippen molar-refractivity contribution in [2.24, 2.45) is 5.92 Å². The molecule has 6 rings (SSSR count). The van der Waals surface area contributed by atoms with Gasteiger partial charge in [0.1, 0.15) is 12.1 Å². The average Bonchev–Trinajstić information content (AvgIpc) is 3.54. The molecule has 1 saturated carbocycles. The van der Waals surface area contributed by atoms with E-state index in [1.54, 1.807) is 23.8 Å². The Morgan fingerprint density at radius 1 is 1.21 bits per heavy atom. The molecule has 0 aliphatic heterocycles.